The van der Waals surface area contributed by atoms with Crippen LogP contribution in [0.3, 0.4) is 0 Å². The van der Waals surface area contributed by atoms with E-state index in [-0.39, 0.29) is 18.1 Å². The van der Waals surface area contributed by atoms with Crippen LogP contribution in [0.2, 0.25) is 5.02 Å². The van der Waals surface area contributed by atoms with Crippen LogP contribution in [0.15, 0.2) is 78.5 Å². The summed E-state index contributed by atoms with van der Waals surface area (Å²) in [6, 6.07) is 20.9. The highest BCUT2D eigenvalue weighted by Gasteiger charge is 2.40. The van der Waals surface area contributed by atoms with Gasteiger partial charge in [0.25, 0.3) is 11.8 Å². The van der Waals surface area contributed by atoms with Crippen LogP contribution in [-0.2, 0) is 9.59 Å². The molecule has 3 aromatic carbocycles. The molecule has 0 spiro atoms. The molecule has 0 atom stereocenters. The number of benzene rings is 3. The van der Waals surface area contributed by atoms with E-state index in [4.69, 9.17) is 21.1 Å². The highest BCUT2D eigenvalue weighted by molar-refractivity contribution is 6.46. The lowest BCUT2D eigenvalue weighted by atomic mass is 10.0. The minimum Gasteiger partial charge on any atom is -0.454 e. The SMILES string of the molecule is O=C1C(Nc2ccc3c(c2)OCO3)=C(c2ccc(Cl)cc2)C(=O)N1c1ccccc1. The molecular formula is C23H15ClN2O4. The van der Waals surface area contributed by atoms with E-state index in [0.717, 1.165) is 0 Å². The van der Waals surface area contributed by atoms with E-state index < -0.39 is 11.8 Å². The fourth-order valence-corrected chi connectivity index (χ4v) is 3.59. The lowest BCUT2D eigenvalue weighted by Gasteiger charge is -2.15. The summed E-state index contributed by atoms with van der Waals surface area (Å²) in [5.41, 5.74) is 2.17. The fraction of sp³-hybridized carbons (Fsp3) is 0.0435. The Balaban J connectivity index is 1.59. The van der Waals surface area contributed by atoms with Crippen LogP contribution in [0, 0.1) is 0 Å². The Bertz CT molecular complexity index is 1190. The quantitative estimate of drug-likeness (QED) is 0.633. The molecule has 0 aliphatic carbocycles. The minimum absolute atomic E-state index is 0.150. The van der Waals surface area contributed by atoms with Gasteiger partial charge in [-0.15, -0.1) is 0 Å². The van der Waals surface area contributed by atoms with E-state index in [1.807, 2.05) is 6.07 Å². The number of nitrogens with zero attached hydrogens (tertiary/aromatic N) is 1. The summed E-state index contributed by atoms with van der Waals surface area (Å²) in [6.07, 6.45) is 0. The van der Waals surface area contributed by atoms with Crippen molar-refractivity contribution in [2.75, 3.05) is 17.0 Å². The number of rotatable bonds is 4. The van der Waals surface area contributed by atoms with E-state index >= 15 is 0 Å². The van der Waals surface area contributed by atoms with Gasteiger partial charge in [-0.05, 0) is 42.0 Å². The number of para-hydroxylation sites is 1. The number of ether oxygens (including phenoxy) is 2. The first kappa shape index (κ1) is 18.3. The molecule has 6 nitrogen and oxygen atoms in total. The van der Waals surface area contributed by atoms with Crippen molar-refractivity contribution in [3.8, 4) is 11.5 Å². The van der Waals surface area contributed by atoms with Gasteiger partial charge in [0.2, 0.25) is 6.79 Å². The lowest BCUT2D eigenvalue weighted by molar-refractivity contribution is -0.120. The monoisotopic (exact) mass is 418 g/mol. The second-order valence-electron chi connectivity index (χ2n) is 6.73. The number of hydrogen-bond donors (Lipinski definition) is 1. The zero-order valence-corrected chi connectivity index (χ0v) is 16.3. The van der Waals surface area contributed by atoms with Crippen LogP contribution in [0.5, 0.6) is 11.5 Å². The second-order valence-corrected chi connectivity index (χ2v) is 7.17. The largest absolute Gasteiger partial charge is 0.454 e. The van der Waals surface area contributed by atoms with Gasteiger partial charge >= 0.3 is 0 Å². The molecule has 2 aliphatic rings. The second kappa shape index (κ2) is 7.24. The standard InChI is InChI=1S/C23H15ClN2O4/c24-15-8-6-14(7-9-15)20-21(25-16-10-11-18-19(12-16)30-13-29-18)23(28)26(22(20)27)17-4-2-1-3-5-17/h1-12,25H,13H2. The summed E-state index contributed by atoms with van der Waals surface area (Å²) in [5.74, 6) is 0.364. The molecule has 2 heterocycles. The zero-order valence-electron chi connectivity index (χ0n) is 15.6. The third kappa shape index (κ3) is 3.07. The Hall–Kier alpha value is -3.77. The van der Waals surface area contributed by atoms with Crippen molar-refractivity contribution in [2.24, 2.45) is 0 Å². The maximum absolute atomic E-state index is 13.3. The van der Waals surface area contributed by atoms with Gasteiger partial charge in [-0.25, -0.2) is 4.90 Å². The molecule has 0 unspecified atom stereocenters. The number of imide groups is 1. The molecule has 2 aliphatic heterocycles. The Labute approximate surface area is 177 Å². The van der Waals surface area contributed by atoms with Crippen molar-refractivity contribution in [2.45, 2.75) is 0 Å². The topological polar surface area (TPSA) is 67.9 Å². The maximum Gasteiger partial charge on any atom is 0.282 e. The first-order valence-corrected chi connectivity index (χ1v) is 9.60. The van der Waals surface area contributed by atoms with Gasteiger partial charge < -0.3 is 14.8 Å². The van der Waals surface area contributed by atoms with E-state index in [9.17, 15) is 9.59 Å². The van der Waals surface area contributed by atoms with Crippen molar-refractivity contribution >= 4 is 40.4 Å². The molecule has 0 saturated carbocycles. The average molecular weight is 419 g/mol. The number of anilines is 2. The first-order valence-electron chi connectivity index (χ1n) is 9.22. The summed E-state index contributed by atoms with van der Waals surface area (Å²) in [6.45, 7) is 0.150. The summed E-state index contributed by atoms with van der Waals surface area (Å²) >= 11 is 6.01. The molecule has 148 valence electrons. The Morgan fingerprint density at radius 1 is 0.833 bits per heavy atom. The Morgan fingerprint density at radius 3 is 2.33 bits per heavy atom. The molecule has 0 fully saturated rings. The number of nitrogens with one attached hydrogen (secondary N) is 1. The van der Waals surface area contributed by atoms with Crippen LogP contribution in [0.4, 0.5) is 11.4 Å². The summed E-state index contributed by atoms with van der Waals surface area (Å²) in [5, 5.41) is 3.66. The maximum atomic E-state index is 13.3. The molecule has 30 heavy (non-hydrogen) atoms. The van der Waals surface area contributed by atoms with Crippen molar-refractivity contribution in [3.63, 3.8) is 0 Å². The van der Waals surface area contributed by atoms with Crippen LogP contribution in [0.1, 0.15) is 5.56 Å². The minimum atomic E-state index is -0.436. The van der Waals surface area contributed by atoms with Crippen LogP contribution in [0.25, 0.3) is 5.57 Å². The van der Waals surface area contributed by atoms with Gasteiger partial charge in [0, 0.05) is 16.8 Å². The summed E-state index contributed by atoms with van der Waals surface area (Å²) in [7, 11) is 0. The smallest absolute Gasteiger partial charge is 0.282 e. The average Bonchev–Trinajstić information content (AvgIpc) is 3.32. The van der Waals surface area contributed by atoms with E-state index in [0.29, 0.717) is 33.5 Å². The van der Waals surface area contributed by atoms with Crippen molar-refractivity contribution < 1.29 is 19.1 Å². The summed E-state index contributed by atoms with van der Waals surface area (Å²) < 4.78 is 10.7. The fourth-order valence-electron chi connectivity index (χ4n) is 3.46. The molecule has 1 N–H and O–H groups in total. The third-order valence-electron chi connectivity index (χ3n) is 4.87. The van der Waals surface area contributed by atoms with Gasteiger partial charge in [0.05, 0.1) is 11.3 Å². The number of carbonyl (C=O) groups is 2. The lowest BCUT2D eigenvalue weighted by Crippen LogP contribution is -2.32. The molecular weight excluding hydrogens is 404 g/mol. The predicted molar refractivity (Wildman–Crippen MR) is 113 cm³/mol. The van der Waals surface area contributed by atoms with Crippen LogP contribution >= 0.6 is 11.6 Å². The van der Waals surface area contributed by atoms with Crippen molar-refractivity contribution in [3.05, 3.63) is 89.1 Å². The first-order chi connectivity index (χ1) is 14.6. The van der Waals surface area contributed by atoms with E-state index in [1.165, 1.54) is 4.90 Å². The van der Waals surface area contributed by atoms with Gasteiger partial charge in [-0.3, -0.25) is 9.59 Å². The zero-order chi connectivity index (χ0) is 20.7. The number of halogens is 1. The van der Waals surface area contributed by atoms with Gasteiger partial charge in [0.15, 0.2) is 11.5 Å². The molecule has 0 bridgehead atoms. The van der Waals surface area contributed by atoms with E-state index in [2.05, 4.69) is 5.32 Å². The van der Waals surface area contributed by atoms with Crippen LogP contribution < -0.4 is 19.7 Å². The normalized spacial score (nSPS) is 15.2. The number of carbonyl (C=O) groups excluding carboxylic acids is 2. The molecule has 2 amide bonds. The van der Waals surface area contributed by atoms with Gasteiger partial charge in [-0.2, -0.15) is 0 Å². The highest BCUT2D eigenvalue weighted by atomic mass is 35.5. The molecule has 7 heteroatoms. The van der Waals surface area contributed by atoms with Crippen LogP contribution in [-0.4, -0.2) is 18.6 Å². The molecule has 5 rings (SSSR count). The molecule has 3 aromatic rings. The Morgan fingerprint density at radius 2 is 1.57 bits per heavy atom. The molecule has 0 radical (unpaired) electrons. The van der Waals surface area contributed by atoms with Gasteiger partial charge in [0.1, 0.15) is 5.70 Å². The highest BCUT2D eigenvalue weighted by Crippen LogP contribution is 2.37. The molecule has 0 aromatic heterocycles. The predicted octanol–water partition coefficient (Wildman–Crippen LogP) is 4.47. The van der Waals surface area contributed by atoms with E-state index in [1.54, 1.807) is 66.7 Å². The van der Waals surface area contributed by atoms with Crippen molar-refractivity contribution in [1.29, 1.82) is 0 Å². The summed E-state index contributed by atoms with van der Waals surface area (Å²) in [4.78, 5) is 27.8. The van der Waals surface area contributed by atoms with Crippen molar-refractivity contribution in [1.82, 2.24) is 0 Å². The number of amides is 2. The van der Waals surface area contributed by atoms with Gasteiger partial charge in [-0.1, -0.05) is 41.9 Å². The number of hydrogen-bond acceptors (Lipinski definition) is 5. The Kier molecular flexibility index (Phi) is 4.41. The third-order valence-corrected chi connectivity index (χ3v) is 5.13. The number of fused-ring (bicyclic) bond motifs is 1. The molecule has 0 saturated heterocycles.